The molecule has 0 bridgehead atoms. The molecule has 5 rings (SSSR count). The van der Waals surface area contributed by atoms with E-state index in [1.165, 1.54) is 10.9 Å². The molecule has 4 aromatic rings. The van der Waals surface area contributed by atoms with Crippen molar-refractivity contribution in [3.05, 3.63) is 75.1 Å². The number of aromatic amines is 2. The highest BCUT2D eigenvalue weighted by Crippen LogP contribution is 2.24. The lowest BCUT2D eigenvalue weighted by Gasteiger charge is -2.27. The van der Waals surface area contributed by atoms with E-state index in [1.807, 2.05) is 23.6 Å². The van der Waals surface area contributed by atoms with Gasteiger partial charge in [0, 0.05) is 43.2 Å². The van der Waals surface area contributed by atoms with Gasteiger partial charge in [-0.15, -0.1) is 11.3 Å². The van der Waals surface area contributed by atoms with E-state index in [2.05, 4.69) is 39.3 Å². The molecule has 1 aromatic carbocycles. The maximum Gasteiger partial charge on any atom is 0.255 e. The Balaban J connectivity index is 1.42. The van der Waals surface area contributed by atoms with Crippen molar-refractivity contribution < 1.29 is 0 Å². The van der Waals surface area contributed by atoms with Crippen molar-refractivity contribution in [1.29, 1.82) is 0 Å². The van der Waals surface area contributed by atoms with Crippen LogP contribution in [0.15, 0.2) is 52.8 Å². The molecule has 0 spiro atoms. The molecule has 2 N–H and O–H groups in total. The highest BCUT2D eigenvalue weighted by molar-refractivity contribution is 7.13. The summed E-state index contributed by atoms with van der Waals surface area (Å²) >= 11 is 1.59. The molecular formula is C20H18N4OS. The van der Waals surface area contributed by atoms with E-state index in [4.69, 9.17) is 4.98 Å². The standard InChI is InChI=1S/C20H18N4OS/c25-20-15-12-24(11-13-10-21-16-5-2-1-4-14(13)16)8-7-17(15)22-19(23-20)18-6-3-9-26-18/h1-6,9-10,21H,7-8,11-12H2,(H,22,23,25). The summed E-state index contributed by atoms with van der Waals surface area (Å²) in [6, 6.07) is 12.3. The molecule has 0 unspecified atom stereocenters. The quantitative estimate of drug-likeness (QED) is 0.586. The van der Waals surface area contributed by atoms with Crippen LogP contribution >= 0.6 is 11.3 Å². The highest BCUT2D eigenvalue weighted by atomic mass is 32.1. The molecule has 0 radical (unpaired) electrons. The van der Waals surface area contributed by atoms with Gasteiger partial charge in [-0.3, -0.25) is 9.69 Å². The van der Waals surface area contributed by atoms with E-state index in [0.717, 1.165) is 41.2 Å². The van der Waals surface area contributed by atoms with Gasteiger partial charge in [-0.25, -0.2) is 4.98 Å². The van der Waals surface area contributed by atoms with Gasteiger partial charge in [0.05, 0.1) is 16.1 Å². The molecule has 0 aliphatic carbocycles. The lowest BCUT2D eigenvalue weighted by Crippen LogP contribution is -2.35. The predicted octanol–water partition coefficient (Wildman–Crippen LogP) is 3.54. The molecule has 4 heterocycles. The summed E-state index contributed by atoms with van der Waals surface area (Å²) in [4.78, 5) is 26.9. The lowest BCUT2D eigenvalue weighted by molar-refractivity contribution is 0.242. The van der Waals surface area contributed by atoms with Crippen molar-refractivity contribution in [3.63, 3.8) is 0 Å². The molecule has 1 aliphatic rings. The van der Waals surface area contributed by atoms with Crippen LogP contribution in [0.5, 0.6) is 0 Å². The van der Waals surface area contributed by atoms with Crippen molar-refractivity contribution in [3.8, 4) is 10.7 Å². The van der Waals surface area contributed by atoms with Crippen LogP contribution in [0.25, 0.3) is 21.6 Å². The summed E-state index contributed by atoms with van der Waals surface area (Å²) in [6.07, 6.45) is 2.88. The number of fused-ring (bicyclic) bond motifs is 2. The molecular weight excluding hydrogens is 344 g/mol. The average molecular weight is 362 g/mol. The van der Waals surface area contributed by atoms with E-state index in [9.17, 15) is 4.79 Å². The number of nitrogens with zero attached hydrogens (tertiary/aromatic N) is 2. The third-order valence-electron chi connectivity index (χ3n) is 4.97. The number of para-hydroxylation sites is 1. The number of H-pyrrole nitrogens is 2. The number of thiophene rings is 1. The first-order chi connectivity index (χ1) is 12.8. The molecule has 1 aliphatic heterocycles. The first-order valence-corrected chi connectivity index (χ1v) is 9.59. The smallest absolute Gasteiger partial charge is 0.255 e. The van der Waals surface area contributed by atoms with Gasteiger partial charge in [0.1, 0.15) is 0 Å². The molecule has 5 nitrogen and oxygen atoms in total. The van der Waals surface area contributed by atoms with Crippen molar-refractivity contribution in [2.24, 2.45) is 0 Å². The van der Waals surface area contributed by atoms with Crippen LogP contribution in [-0.2, 0) is 19.5 Å². The number of rotatable bonds is 3. The second-order valence-corrected chi connectivity index (χ2v) is 7.58. The Kier molecular flexibility index (Phi) is 3.72. The number of benzene rings is 1. The largest absolute Gasteiger partial charge is 0.361 e. The maximum atomic E-state index is 12.6. The van der Waals surface area contributed by atoms with E-state index < -0.39 is 0 Å². The minimum atomic E-state index is -0.0120. The summed E-state index contributed by atoms with van der Waals surface area (Å²) in [5, 5.41) is 3.25. The summed E-state index contributed by atoms with van der Waals surface area (Å²) in [5.74, 6) is 0.689. The second-order valence-electron chi connectivity index (χ2n) is 6.64. The SMILES string of the molecule is O=c1[nH]c(-c2cccs2)nc2c1CN(Cc1c[nH]c3ccccc13)CC2. The number of hydrogen-bond donors (Lipinski definition) is 2. The zero-order valence-electron chi connectivity index (χ0n) is 14.2. The summed E-state index contributed by atoms with van der Waals surface area (Å²) < 4.78 is 0. The Labute approximate surface area is 154 Å². The molecule has 0 saturated carbocycles. The minimum Gasteiger partial charge on any atom is -0.361 e. The van der Waals surface area contributed by atoms with Gasteiger partial charge >= 0.3 is 0 Å². The zero-order valence-corrected chi connectivity index (χ0v) is 15.0. The Bertz CT molecular complexity index is 1130. The van der Waals surface area contributed by atoms with Gasteiger partial charge in [-0.2, -0.15) is 0 Å². The van der Waals surface area contributed by atoms with E-state index in [-0.39, 0.29) is 5.56 Å². The first kappa shape index (κ1) is 15.5. The molecule has 0 amide bonds. The third-order valence-corrected chi connectivity index (χ3v) is 5.85. The van der Waals surface area contributed by atoms with Crippen molar-refractivity contribution in [2.45, 2.75) is 19.5 Å². The normalized spacial score (nSPS) is 14.6. The molecule has 0 saturated heterocycles. The maximum absolute atomic E-state index is 12.6. The van der Waals surface area contributed by atoms with Crippen molar-refractivity contribution >= 4 is 22.2 Å². The van der Waals surface area contributed by atoms with Crippen LogP contribution in [0.3, 0.4) is 0 Å². The Morgan fingerprint density at radius 1 is 1.19 bits per heavy atom. The molecule has 6 heteroatoms. The predicted molar refractivity (Wildman–Crippen MR) is 104 cm³/mol. The summed E-state index contributed by atoms with van der Waals surface area (Å²) in [7, 11) is 0. The van der Waals surface area contributed by atoms with Gasteiger partial charge < -0.3 is 9.97 Å². The van der Waals surface area contributed by atoms with Gasteiger partial charge in [-0.1, -0.05) is 24.3 Å². The number of hydrogen-bond acceptors (Lipinski definition) is 4. The Morgan fingerprint density at radius 3 is 3.00 bits per heavy atom. The third kappa shape index (κ3) is 2.67. The summed E-state index contributed by atoms with van der Waals surface area (Å²) in [5.41, 5.74) is 4.15. The van der Waals surface area contributed by atoms with Crippen LogP contribution in [0.4, 0.5) is 0 Å². The number of nitrogens with one attached hydrogen (secondary N) is 2. The van der Waals surface area contributed by atoms with Crippen LogP contribution in [0, 0.1) is 0 Å². The lowest BCUT2D eigenvalue weighted by atomic mass is 10.1. The highest BCUT2D eigenvalue weighted by Gasteiger charge is 2.22. The van der Waals surface area contributed by atoms with Gasteiger partial charge in [0.2, 0.25) is 0 Å². The topological polar surface area (TPSA) is 64.8 Å². The molecule has 0 fully saturated rings. The van der Waals surface area contributed by atoms with E-state index in [0.29, 0.717) is 12.4 Å². The van der Waals surface area contributed by atoms with E-state index >= 15 is 0 Å². The zero-order chi connectivity index (χ0) is 17.5. The fourth-order valence-corrected chi connectivity index (χ4v) is 4.32. The van der Waals surface area contributed by atoms with Gasteiger partial charge in [0.25, 0.3) is 5.56 Å². The first-order valence-electron chi connectivity index (χ1n) is 8.71. The van der Waals surface area contributed by atoms with Crippen LogP contribution < -0.4 is 5.56 Å². The second kappa shape index (κ2) is 6.23. The van der Waals surface area contributed by atoms with Crippen LogP contribution in [0.2, 0.25) is 0 Å². The van der Waals surface area contributed by atoms with Gasteiger partial charge in [-0.05, 0) is 23.1 Å². The fourth-order valence-electron chi connectivity index (χ4n) is 3.65. The van der Waals surface area contributed by atoms with Crippen molar-refractivity contribution in [1.82, 2.24) is 19.9 Å². The fraction of sp³-hybridized carbons (Fsp3) is 0.200. The van der Waals surface area contributed by atoms with Crippen LogP contribution in [-0.4, -0.2) is 26.4 Å². The summed E-state index contributed by atoms with van der Waals surface area (Å²) in [6.45, 7) is 2.38. The molecule has 130 valence electrons. The Hall–Kier alpha value is -2.70. The average Bonchev–Trinajstić information content (AvgIpc) is 3.33. The van der Waals surface area contributed by atoms with Gasteiger partial charge in [0.15, 0.2) is 5.82 Å². The van der Waals surface area contributed by atoms with Crippen molar-refractivity contribution in [2.75, 3.05) is 6.54 Å². The Morgan fingerprint density at radius 2 is 2.12 bits per heavy atom. The molecule has 0 atom stereocenters. The molecule has 26 heavy (non-hydrogen) atoms. The minimum absolute atomic E-state index is 0.0120. The molecule has 3 aromatic heterocycles. The van der Waals surface area contributed by atoms with Crippen LogP contribution in [0.1, 0.15) is 16.8 Å². The number of aromatic nitrogens is 3. The van der Waals surface area contributed by atoms with E-state index in [1.54, 1.807) is 11.3 Å². The monoisotopic (exact) mass is 362 g/mol.